The van der Waals surface area contributed by atoms with E-state index in [9.17, 15) is 9.59 Å². The number of thioether (sulfide) groups is 1. The number of hydrogen-bond donors (Lipinski definition) is 1. The molecule has 1 atom stereocenters. The summed E-state index contributed by atoms with van der Waals surface area (Å²) in [4.78, 5) is 31.6. The maximum Gasteiger partial charge on any atom is 0.242 e. The maximum absolute atomic E-state index is 12.9. The van der Waals surface area contributed by atoms with E-state index in [2.05, 4.69) is 32.8 Å². The first-order valence-electron chi connectivity index (χ1n) is 9.18. The van der Waals surface area contributed by atoms with Crippen molar-refractivity contribution in [2.24, 2.45) is 4.99 Å². The molecule has 1 aliphatic rings. The van der Waals surface area contributed by atoms with Crippen LogP contribution in [0.5, 0.6) is 0 Å². The molecule has 7 heteroatoms. The number of halogens is 1. The highest BCUT2D eigenvalue weighted by Crippen LogP contribution is 2.34. The maximum atomic E-state index is 12.9. The second-order valence-electron chi connectivity index (χ2n) is 6.76. The standard InChI is InChI=1S/C22H22BrN3O2S/c1-4-11-26-21(28)19(29-22(26)25-18-8-6-5-7-16(18)23)13-20(27)24-17-10-9-14(2)12-15(17)3/h4-10,12,19H,1,11,13H2,2-3H3,(H,24,27). The van der Waals surface area contributed by atoms with Crippen LogP contribution in [0.1, 0.15) is 17.5 Å². The number of para-hydroxylation sites is 1. The molecule has 150 valence electrons. The number of hydrogen-bond acceptors (Lipinski definition) is 4. The summed E-state index contributed by atoms with van der Waals surface area (Å²) in [5, 5.41) is 2.98. The Hall–Kier alpha value is -2.38. The molecule has 0 spiro atoms. The lowest BCUT2D eigenvalue weighted by atomic mass is 10.1. The van der Waals surface area contributed by atoms with Gasteiger partial charge >= 0.3 is 0 Å². The number of anilines is 1. The molecule has 2 amide bonds. The fourth-order valence-corrected chi connectivity index (χ4v) is 4.52. The monoisotopic (exact) mass is 471 g/mol. The largest absolute Gasteiger partial charge is 0.326 e. The van der Waals surface area contributed by atoms with Crippen molar-refractivity contribution in [2.75, 3.05) is 11.9 Å². The van der Waals surface area contributed by atoms with Crippen molar-refractivity contribution in [3.05, 3.63) is 70.7 Å². The van der Waals surface area contributed by atoms with E-state index >= 15 is 0 Å². The average molecular weight is 472 g/mol. The van der Waals surface area contributed by atoms with Gasteiger partial charge in [0.1, 0.15) is 5.25 Å². The molecule has 0 bridgehead atoms. The van der Waals surface area contributed by atoms with Crippen molar-refractivity contribution in [3.63, 3.8) is 0 Å². The Morgan fingerprint density at radius 1 is 1.31 bits per heavy atom. The summed E-state index contributed by atoms with van der Waals surface area (Å²) in [7, 11) is 0. The lowest BCUT2D eigenvalue weighted by Gasteiger charge is -2.14. The molecule has 1 fully saturated rings. The van der Waals surface area contributed by atoms with Gasteiger partial charge in [-0.2, -0.15) is 0 Å². The Bertz CT molecular complexity index is 990. The Balaban J connectivity index is 1.76. The minimum atomic E-state index is -0.512. The van der Waals surface area contributed by atoms with Gasteiger partial charge in [-0.15, -0.1) is 6.58 Å². The minimum absolute atomic E-state index is 0.0828. The summed E-state index contributed by atoms with van der Waals surface area (Å²) in [6, 6.07) is 13.4. The van der Waals surface area contributed by atoms with Gasteiger partial charge < -0.3 is 5.32 Å². The Labute approximate surface area is 183 Å². The van der Waals surface area contributed by atoms with Crippen LogP contribution in [-0.2, 0) is 9.59 Å². The zero-order valence-corrected chi connectivity index (χ0v) is 18.7. The Morgan fingerprint density at radius 3 is 2.76 bits per heavy atom. The summed E-state index contributed by atoms with van der Waals surface area (Å²) in [5.41, 5.74) is 3.63. The van der Waals surface area contributed by atoms with E-state index < -0.39 is 5.25 Å². The molecule has 29 heavy (non-hydrogen) atoms. The SMILES string of the molecule is C=CCN1C(=O)C(CC(=O)Nc2ccc(C)cc2C)SC1=Nc1ccccc1Br. The van der Waals surface area contributed by atoms with Crippen molar-refractivity contribution >= 4 is 56.0 Å². The van der Waals surface area contributed by atoms with Gasteiger partial charge in [0.15, 0.2) is 5.17 Å². The van der Waals surface area contributed by atoms with Gasteiger partial charge in [0.25, 0.3) is 0 Å². The number of amidine groups is 1. The molecule has 1 saturated heterocycles. The molecule has 2 aromatic carbocycles. The van der Waals surface area contributed by atoms with Crippen LogP contribution < -0.4 is 5.32 Å². The third kappa shape index (κ3) is 5.16. The molecule has 0 aromatic heterocycles. The number of rotatable bonds is 6. The van der Waals surface area contributed by atoms with Crippen LogP contribution in [-0.4, -0.2) is 33.7 Å². The number of nitrogens with zero attached hydrogens (tertiary/aromatic N) is 2. The second kappa shape index (κ2) is 9.41. The number of amides is 2. The van der Waals surface area contributed by atoms with Crippen LogP contribution in [0.25, 0.3) is 0 Å². The summed E-state index contributed by atoms with van der Waals surface area (Å²) >= 11 is 4.79. The van der Waals surface area contributed by atoms with E-state index in [1.807, 2.05) is 56.3 Å². The van der Waals surface area contributed by atoms with Crippen LogP contribution >= 0.6 is 27.7 Å². The fraction of sp³-hybridized carbons (Fsp3) is 0.227. The van der Waals surface area contributed by atoms with Crippen molar-refractivity contribution in [1.29, 1.82) is 0 Å². The van der Waals surface area contributed by atoms with E-state index in [1.165, 1.54) is 11.8 Å². The number of aryl methyl sites for hydroxylation is 2. The number of carbonyl (C=O) groups excluding carboxylic acids is 2. The third-order valence-corrected chi connectivity index (χ3v) is 6.27. The molecular weight excluding hydrogens is 450 g/mol. The molecule has 0 saturated carbocycles. The first-order valence-corrected chi connectivity index (χ1v) is 10.9. The number of benzene rings is 2. The quantitative estimate of drug-likeness (QED) is 0.587. The van der Waals surface area contributed by atoms with Crippen molar-refractivity contribution < 1.29 is 9.59 Å². The van der Waals surface area contributed by atoms with Crippen LogP contribution in [0.2, 0.25) is 0 Å². The lowest BCUT2D eigenvalue weighted by molar-refractivity contribution is -0.127. The molecule has 1 heterocycles. The molecule has 0 radical (unpaired) electrons. The number of nitrogens with one attached hydrogen (secondary N) is 1. The minimum Gasteiger partial charge on any atom is -0.326 e. The number of aliphatic imine (C=N–C) groups is 1. The molecular formula is C22H22BrN3O2S. The fourth-order valence-electron chi connectivity index (χ4n) is 2.99. The Kier molecular flexibility index (Phi) is 6.92. The van der Waals surface area contributed by atoms with Crippen LogP contribution in [0.4, 0.5) is 11.4 Å². The van der Waals surface area contributed by atoms with Gasteiger partial charge in [0.2, 0.25) is 11.8 Å². The summed E-state index contributed by atoms with van der Waals surface area (Å²) in [6.45, 7) is 8.04. The molecule has 2 aromatic rings. The smallest absolute Gasteiger partial charge is 0.242 e. The Morgan fingerprint density at radius 2 is 2.07 bits per heavy atom. The highest BCUT2D eigenvalue weighted by molar-refractivity contribution is 9.10. The average Bonchev–Trinajstić information content (AvgIpc) is 2.95. The van der Waals surface area contributed by atoms with Gasteiger partial charge in [-0.05, 0) is 53.5 Å². The molecule has 0 aliphatic carbocycles. The second-order valence-corrected chi connectivity index (χ2v) is 8.78. The predicted octanol–water partition coefficient (Wildman–Crippen LogP) is 5.21. The first-order chi connectivity index (χ1) is 13.9. The van der Waals surface area contributed by atoms with Gasteiger partial charge in [-0.25, -0.2) is 4.99 Å². The number of carbonyl (C=O) groups is 2. The summed E-state index contributed by atoms with van der Waals surface area (Å²) in [6.07, 6.45) is 1.74. The van der Waals surface area contributed by atoms with Crippen LogP contribution in [0.15, 0.2) is 64.6 Å². The third-order valence-electron chi connectivity index (χ3n) is 4.43. The predicted molar refractivity (Wildman–Crippen MR) is 124 cm³/mol. The topological polar surface area (TPSA) is 61.8 Å². The highest BCUT2D eigenvalue weighted by Gasteiger charge is 2.38. The molecule has 5 nitrogen and oxygen atoms in total. The summed E-state index contributed by atoms with van der Waals surface area (Å²) < 4.78 is 0.843. The highest BCUT2D eigenvalue weighted by atomic mass is 79.9. The van der Waals surface area contributed by atoms with Crippen LogP contribution in [0.3, 0.4) is 0 Å². The van der Waals surface area contributed by atoms with Gasteiger partial charge in [-0.1, -0.05) is 47.7 Å². The van der Waals surface area contributed by atoms with Crippen LogP contribution in [0, 0.1) is 13.8 Å². The molecule has 1 N–H and O–H groups in total. The van der Waals surface area contributed by atoms with Gasteiger partial charge in [-0.3, -0.25) is 14.5 Å². The first kappa shape index (κ1) is 21.3. The van der Waals surface area contributed by atoms with E-state index in [1.54, 1.807) is 11.0 Å². The normalized spacial score (nSPS) is 17.6. The lowest BCUT2D eigenvalue weighted by Crippen LogP contribution is -2.33. The zero-order chi connectivity index (χ0) is 21.0. The van der Waals surface area contributed by atoms with E-state index in [-0.39, 0.29) is 18.2 Å². The van der Waals surface area contributed by atoms with E-state index in [4.69, 9.17) is 0 Å². The van der Waals surface area contributed by atoms with E-state index in [0.717, 1.165) is 27.0 Å². The molecule has 1 unspecified atom stereocenters. The van der Waals surface area contributed by atoms with Crippen molar-refractivity contribution in [1.82, 2.24) is 4.90 Å². The van der Waals surface area contributed by atoms with Crippen molar-refractivity contribution in [2.45, 2.75) is 25.5 Å². The molecule has 3 rings (SSSR count). The van der Waals surface area contributed by atoms with Gasteiger partial charge in [0, 0.05) is 23.1 Å². The van der Waals surface area contributed by atoms with Gasteiger partial charge in [0.05, 0.1) is 5.69 Å². The summed E-state index contributed by atoms with van der Waals surface area (Å²) in [5.74, 6) is -0.319. The van der Waals surface area contributed by atoms with Crippen molar-refractivity contribution in [3.8, 4) is 0 Å². The molecule has 1 aliphatic heterocycles. The zero-order valence-electron chi connectivity index (χ0n) is 16.3. The van der Waals surface area contributed by atoms with E-state index in [0.29, 0.717) is 11.7 Å².